The number of rotatable bonds is 12. The molecule has 64 heteroatoms. The highest BCUT2D eigenvalue weighted by atomic mass is 19.2. The standard InChI is InChI=1S/C12H10F3N5O3.C12H11F2N5O4.C12H11F2N5O3.C11H12FN7O3.C11H11FN6O4.C11H10FN5O4/c1-17-12(3-21)7(22)6(14)10(23-12)20-2-4(13)5-8(16)18-11(15)19-9(5)20;1-16-12(3-20)7(21)6(14)10(23-12)19-2-4(13)5-8(15)17-11(22)18-9(5)19;1-16-12(3-20)8(21)7(14)11(22-12)19-2-5(13)6-9(15)17-4-18-10(6)19;1-15-11(2-20)6(21)4(12)9(22-11)19-3-16-5-7(13)17-10(14)18-8(5)19;1-14-11(2-19)6(20)4(12)9(22-11)18-3-15-5-7(13)16-10(21)17-8(5)18;1-13-11(2-18)7(19)5(12)10(21-11)17-4-16-6-8(17)14-3-15-9(6)20/h2,6-7,10,21-22H,3H2,(H2,16,18,19);2,6-7,10,20-21H,3H2,(H3,15,17,18,22);2,4,7-8,11,20-21H,3H2,(H2,15,17,18);3-4,6,9,20-21H,2H2,(H4,13,14,17,18);3-4,6,9,19-20H,2H2,(H3,13,16,17,21);3-5,7,10,18-19H,2H2,(H,14,15,20). The quantitative estimate of drug-likeness (QED) is 0.0313. The number of imidazole rings is 3. The van der Waals surface area contributed by atoms with Gasteiger partial charge in [-0.15, -0.1) is 0 Å². The fourth-order valence-corrected chi connectivity index (χ4v) is 14.5. The van der Waals surface area contributed by atoms with Crippen molar-refractivity contribution in [1.29, 1.82) is 0 Å². The monoisotopic (exact) mass is 1880 g/mol. The Bertz CT molecular complexity index is 6950. The average molecular weight is 1880 g/mol. The summed E-state index contributed by atoms with van der Waals surface area (Å²) in [4.78, 5) is 103. The van der Waals surface area contributed by atoms with E-state index < -0.39 is 237 Å². The van der Waals surface area contributed by atoms with Crippen molar-refractivity contribution in [3.63, 3.8) is 0 Å². The normalized spacial score (nSPS) is 31.3. The van der Waals surface area contributed by atoms with Crippen LogP contribution in [0.25, 0.3) is 95.7 Å². The van der Waals surface area contributed by atoms with Gasteiger partial charge in [-0.2, -0.15) is 34.3 Å². The molecule has 0 aliphatic carbocycles. The number of aromatic amines is 3. The van der Waals surface area contributed by atoms with Gasteiger partial charge in [0.25, 0.3) is 5.56 Å². The number of hydrogen-bond donors (Lipinski definition) is 21. The van der Waals surface area contributed by atoms with Crippen LogP contribution in [0, 0.1) is 63.0 Å². The summed E-state index contributed by atoms with van der Waals surface area (Å²) in [5, 5.41) is 114. The van der Waals surface area contributed by atoms with Crippen molar-refractivity contribution < 1.29 is 134 Å². The molecule has 702 valence electrons. The zero-order chi connectivity index (χ0) is 97.3. The Morgan fingerprint density at radius 3 is 1.07 bits per heavy atom. The lowest BCUT2D eigenvalue weighted by atomic mass is 10.1. The van der Waals surface area contributed by atoms with Crippen molar-refractivity contribution in [1.82, 2.24) is 102 Å². The van der Waals surface area contributed by atoms with Crippen molar-refractivity contribution in [2.75, 3.05) is 74.0 Å². The summed E-state index contributed by atoms with van der Waals surface area (Å²) in [7, 11) is 0. The number of ether oxygens (including phenoxy) is 6. The minimum Gasteiger partial charge on any atom is -0.385 e. The number of halogens is 10. The van der Waals surface area contributed by atoms with Crippen LogP contribution < -0.4 is 51.3 Å². The van der Waals surface area contributed by atoms with Crippen LogP contribution in [0.2, 0.25) is 0 Å². The number of hydrogen-bond acceptors (Lipinski definition) is 39. The maximum Gasteiger partial charge on any atom is 0.390 e. The molecule has 27 N–H and O–H groups in total. The van der Waals surface area contributed by atoms with Crippen LogP contribution in [0.15, 0.2) is 64.6 Å². The number of nitrogens with two attached hydrogens (primary N) is 6. The van der Waals surface area contributed by atoms with Crippen LogP contribution in [0.4, 0.5) is 78.9 Å². The van der Waals surface area contributed by atoms with Gasteiger partial charge in [-0.1, -0.05) is 0 Å². The van der Waals surface area contributed by atoms with Gasteiger partial charge in [-0.05, 0) is 0 Å². The van der Waals surface area contributed by atoms with Crippen molar-refractivity contribution in [3.05, 3.63) is 174 Å². The third-order valence-corrected chi connectivity index (χ3v) is 21.5. The lowest BCUT2D eigenvalue weighted by Crippen LogP contribution is -2.42. The lowest BCUT2D eigenvalue weighted by molar-refractivity contribution is -0.0979. The Labute approximate surface area is 728 Å². The molecule has 6 fully saturated rings. The first-order chi connectivity index (χ1) is 63.0. The van der Waals surface area contributed by atoms with E-state index in [1.54, 1.807) is 0 Å². The maximum atomic E-state index is 14.4. The smallest absolute Gasteiger partial charge is 0.385 e. The molecule has 12 aromatic rings. The summed E-state index contributed by atoms with van der Waals surface area (Å²) in [5.74, 6) is -3.74. The summed E-state index contributed by atoms with van der Waals surface area (Å²) in [6, 6.07) is 0. The molecule has 24 unspecified atom stereocenters. The third kappa shape index (κ3) is 15.8. The number of H-pyrrole nitrogens is 3. The Balaban J connectivity index is 0.000000136. The molecule has 6 saturated heterocycles. The van der Waals surface area contributed by atoms with E-state index in [1.165, 1.54) is 6.33 Å². The lowest BCUT2D eigenvalue weighted by Gasteiger charge is -2.16. The molecule has 54 nitrogen and oxygen atoms in total. The van der Waals surface area contributed by atoms with Crippen molar-refractivity contribution in [3.8, 4) is 0 Å². The van der Waals surface area contributed by atoms with Gasteiger partial charge in [0, 0.05) is 18.6 Å². The highest BCUT2D eigenvalue weighted by Crippen LogP contribution is 2.48. The zero-order valence-corrected chi connectivity index (χ0v) is 66.3. The van der Waals surface area contributed by atoms with Crippen molar-refractivity contribution in [2.45, 2.75) is 145 Å². The molecule has 0 aromatic carbocycles. The summed E-state index contributed by atoms with van der Waals surface area (Å²) >= 11 is 0. The molecule has 6 aliphatic rings. The summed E-state index contributed by atoms with van der Waals surface area (Å²) in [6.45, 7) is 36.6. The Kier molecular flexibility index (Phi) is 26.1. The van der Waals surface area contributed by atoms with Crippen LogP contribution in [-0.4, -0.2) is 311 Å². The summed E-state index contributed by atoms with van der Waals surface area (Å²) in [5.41, 5.74) is 17.9. The highest BCUT2D eigenvalue weighted by molar-refractivity contribution is 5.89. The second kappa shape index (κ2) is 36.2. The molecule has 6 aliphatic heterocycles. The fourth-order valence-electron chi connectivity index (χ4n) is 14.5. The van der Waals surface area contributed by atoms with Crippen LogP contribution in [0.3, 0.4) is 0 Å². The maximum absolute atomic E-state index is 14.4. The molecular weight excluding hydrogens is 1820 g/mol. The molecule has 0 spiro atoms. The van der Waals surface area contributed by atoms with Crippen molar-refractivity contribution >= 4 is 102 Å². The molecule has 24 atom stereocenters. The molecular formula is C69H65F10N33O21. The van der Waals surface area contributed by atoms with Gasteiger partial charge in [-0.3, -0.25) is 99.7 Å². The van der Waals surface area contributed by atoms with E-state index in [0.717, 1.165) is 71.3 Å². The Hall–Kier alpha value is -14.8. The van der Waals surface area contributed by atoms with Crippen LogP contribution in [0.5, 0.6) is 0 Å². The number of nitrogens with zero attached hydrogens (tertiary/aromatic N) is 24. The van der Waals surface area contributed by atoms with E-state index in [2.05, 4.69) is 104 Å². The molecule has 18 rings (SSSR count). The van der Waals surface area contributed by atoms with E-state index in [0.29, 0.717) is 0 Å². The number of fused-ring (bicyclic) bond motifs is 6. The SMILES string of the molecule is [C-]#[N+]C1(CO)OC(n2cc(F)c3c(N)[nH]c(=O)nc32)C(F)C1O.[C-]#[N+]C1(CO)OC(n2cc(F)c3c(N)nc(F)nc32)C(F)C1O.[C-]#[N+]C1(CO)OC(n2cc(F)c3c(N)ncnc32)C(F)C1O.[C-]#[N+]C1(CO)OC(n2cnc3c(=O)[nH]cnc32)C(F)C1O.[C-]#[N+]C1(CO)OC(n2cnc3c(N)[nH]c(=O)nc32)C(F)C1O.[C-]#[N+]C1(CO)OC(n2cnc3c(N)nc(N)nc32)C(F)C1O. The predicted molar refractivity (Wildman–Crippen MR) is 418 cm³/mol. The first-order valence-corrected chi connectivity index (χ1v) is 37.2. The largest absolute Gasteiger partial charge is 0.390 e. The number of aromatic nitrogens is 21. The van der Waals surface area contributed by atoms with Crippen molar-refractivity contribution in [2.24, 2.45) is 0 Å². The van der Waals surface area contributed by atoms with Crippen LogP contribution >= 0.6 is 0 Å². The topological polar surface area (TPSA) is 763 Å². The van der Waals surface area contributed by atoms with Gasteiger partial charge >= 0.3 is 51.8 Å². The molecule has 0 saturated carbocycles. The molecule has 0 radical (unpaired) electrons. The van der Waals surface area contributed by atoms with Crippen LogP contribution in [-0.2, 0) is 28.4 Å². The summed E-state index contributed by atoms with van der Waals surface area (Å²) in [6.07, 6.45) is -26.1. The fraction of sp³-hybridized carbons (Fsp3) is 0.435. The second-order valence-corrected chi connectivity index (χ2v) is 29.0. The number of aliphatic hydroxyl groups is 12. The molecule has 0 bridgehead atoms. The van der Waals surface area contributed by atoms with Gasteiger partial charge in [0.1, 0.15) is 40.6 Å². The first-order valence-electron chi connectivity index (χ1n) is 37.2. The third-order valence-electron chi connectivity index (χ3n) is 21.5. The highest BCUT2D eigenvalue weighted by Gasteiger charge is 2.68. The van der Waals surface area contributed by atoms with Gasteiger partial charge in [0.15, 0.2) is 213 Å². The number of anilines is 6. The number of nitrogens with one attached hydrogen (secondary N) is 3. The first kappa shape index (κ1) is 95.8. The Morgan fingerprint density at radius 2 is 0.684 bits per heavy atom. The van der Waals surface area contributed by atoms with E-state index in [1.807, 2.05) is 0 Å². The van der Waals surface area contributed by atoms with E-state index >= 15 is 0 Å². The number of aliphatic hydroxyl groups excluding tert-OH is 12. The second-order valence-electron chi connectivity index (χ2n) is 29.0. The Morgan fingerprint density at radius 1 is 0.361 bits per heavy atom. The molecule has 18 heterocycles. The van der Waals surface area contributed by atoms with Gasteiger partial charge in [0.2, 0.25) is 5.95 Å². The van der Waals surface area contributed by atoms with Gasteiger partial charge in [-0.25, -0.2) is 118 Å². The summed E-state index contributed by atoms with van der Waals surface area (Å²) < 4.78 is 178. The van der Waals surface area contributed by atoms with E-state index in [4.69, 9.17) is 102 Å². The average Bonchev–Trinajstić information content (AvgIpc) is 1.54. The van der Waals surface area contributed by atoms with Gasteiger partial charge < -0.3 is 101 Å². The number of alkyl halides is 6. The minimum atomic E-state index is -2.24. The minimum absolute atomic E-state index is 0.00815. The van der Waals surface area contributed by atoms with E-state index in [9.17, 15) is 120 Å². The molecule has 12 aromatic heterocycles. The number of nitrogen functional groups attached to an aromatic ring is 6. The van der Waals surface area contributed by atoms with E-state index in [-0.39, 0.29) is 90.2 Å². The zero-order valence-electron chi connectivity index (χ0n) is 66.3. The molecule has 0 amide bonds. The van der Waals surface area contributed by atoms with Gasteiger partial charge in [0.05, 0.1) is 41.5 Å². The van der Waals surface area contributed by atoms with Crippen LogP contribution in [0.1, 0.15) is 37.4 Å². The molecule has 133 heavy (non-hydrogen) atoms. The predicted octanol–water partition coefficient (Wildman–Crippen LogP) is -4.28.